The highest BCUT2D eigenvalue weighted by Crippen LogP contribution is 2.29. The summed E-state index contributed by atoms with van der Waals surface area (Å²) in [6.07, 6.45) is 6.93. The maximum Gasteiger partial charge on any atom is 0.0700 e. The maximum atomic E-state index is 5.83. The number of hydrogen-bond acceptors (Lipinski definition) is 3. The van der Waals surface area contributed by atoms with Crippen LogP contribution in [0.25, 0.3) is 0 Å². The first-order valence-corrected chi connectivity index (χ1v) is 8.33. The van der Waals surface area contributed by atoms with Gasteiger partial charge in [0.2, 0.25) is 0 Å². The fraction of sp³-hybridized carbons (Fsp3) is 1.00. The van der Waals surface area contributed by atoms with Crippen LogP contribution in [0.3, 0.4) is 0 Å². The molecule has 0 radical (unpaired) electrons. The summed E-state index contributed by atoms with van der Waals surface area (Å²) < 4.78 is 5.83. The molecule has 19 heavy (non-hydrogen) atoms. The maximum absolute atomic E-state index is 5.83. The number of hydrogen-bond donors (Lipinski definition) is 1. The summed E-state index contributed by atoms with van der Waals surface area (Å²) in [5.41, 5.74) is 0. The molecule has 1 saturated carbocycles. The van der Waals surface area contributed by atoms with E-state index in [1.807, 2.05) is 0 Å². The third-order valence-corrected chi connectivity index (χ3v) is 4.83. The second kappa shape index (κ2) is 7.61. The first-order valence-electron chi connectivity index (χ1n) is 8.33. The van der Waals surface area contributed by atoms with Crippen LogP contribution in [0.15, 0.2) is 0 Å². The Balaban J connectivity index is 1.95. The van der Waals surface area contributed by atoms with E-state index in [2.05, 4.69) is 31.0 Å². The molecule has 4 unspecified atom stereocenters. The van der Waals surface area contributed by atoms with Gasteiger partial charge < -0.3 is 10.1 Å². The van der Waals surface area contributed by atoms with Crippen LogP contribution in [0.1, 0.15) is 52.9 Å². The molecule has 1 heterocycles. The summed E-state index contributed by atoms with van der Waals surface area (Å²) in [5.74, 6) is 0.882. The van der Waals surface area contributed by atoms with E-state index in [1.165, 1.54) is 25.7 Å². The molecular weight excluding hydrogens is 236 g/mol. The van der Waals surface area contributed by atoms with Gasteiger partial charge in [-0.3, -0.25) is 4.90 Å². The van der Waals surface area contributed by atoms with Crippen molar-refractivity contribution in [1.82, 2.24) is 10.2 Å². The van der Waals surface area contributed by atoms with Crippen molar-refractivity contribution in [2.45, 2.75) is 71.1 Å². The molecule has 0 spiro atoms. The van der Waals surface area contributed by atoms with Gasteiger partial charge in [-0.25, -0.2) is 0 Å². The van der Waals surface area contributed by atoms with Crippen LogP contribution >= 0.6 is 0 Å². The van der Waals surface area contributed by atoms with Crippen LogP contribution in [-0.2, 0) is 4.74 Å². The average Bonchev–Trinajstić information content (AvgIpc) is 2.46. The van der Waals surface area contributed by atoms with Crippen molar-refractivity contribution < 1.29 is 4.74 Å². The Morgan fingerprint density at radius 1 is 1.26 bits per heavy atom. The lowest BCUT2D eigenvalue weighted by molar-refractivity contribution is -0.0573. The van der Waals surface area contributed by atoms with E-state index in [0.29, 0.717) is 12.1 Å². The molecule has 1 aliphatic carbocycles. The minimum absolute atomic E-state index is 0.456. The highest BCUT2D eigenvalue weighted by atomic mass is 16.5. The fourth-order valence-corrected chi connectivity index (χ4v) is 3.61. The minimum Gasteiger partial charge on any atom is -0.376 e. The average molecular weight is 268 g/mol. The monoisotopic (exact) mass is 268 g/mol. The smallest absolute Gasteiger partial charge is 0.0700 e. The van der Waals surface area contributed by atoms with Gasteiger partial charge in [0.15, 0.2) is 0 Å². The Kier molecular flexibility index (Phi) is 6.11. The number of ether oxygens (including phenoxy) is 1. The van der Waals surface area contributed by atoms with Crippen molar-refractivity contribution in [2.75, 3.05) is 26.2 Å². The number of morpholine rings is 1. The summed E-state index contributed by atoms with van der Waals surface area (Å²) in [6, 6.07) is 1.43. The molecule has 3 nitrogen and oxygen atoms in total. The third-order valence-electron chi connectivity index (χ3n) is 4.83. The topological polar surface area (TPSA) is 24.5 Å². The zero-order chi connectivity index (χ0) is 13.7. The predicted octanol–water partition coefficient (Wildman–Crippen LogP) is 2.65. The van der Waals surface area contributed by atoms with Gasteiger partial charge >= 0.3 is 0 Å². The molecule has 1 aliphatic heterocycles. The van der Waals surface area contributed by atoms with Gasteiger partial charge in [0.25, 0.3) is 0 Å². The Morgan fingerprint density at radius 3 is 2.84 bits per heavy atom. The largest absolute Gasteiger partial charge is 0.376 e. The van der Waals surface area contributed by atoms with Crippen molar-refractivity contribution in [3.63, 3.8) is 0 Å². The molecule has 0 aromatic rings. The summed E-state index contributed by atoms with van der Waals surface area (Å²) in [4.78, 5) is 2.71. The van der Waals surface area contributed by atoms with Gasteiger partial charge in [0.05, 0.1) is 12.7 Å². The van der Waals surface area contributed by atoms with E-state index in [9.17, 15) is 0 Å². The molecule has 4 atom stereocenters. The van der Waals surface area contributed by atoms with Crippen LogP contribution in [-0.4, -0.2) is 49.3 Å². The van der Waals surface area contributed by atoms with Crippen molar-refractivity contribution in [3.8, 4) is 0 Å². The van der Waals surface area contributed by atoms with Crippen LogP contribution in [0.4, 0.5) is 0 Å². The van der Waals surface area contributed by atoms with E-state index in [1.54, 1.807) is 0 Å². The second-order valence-corrected chi connectivity index (χ2v) is 6.44. The van der Waals surface area contributed by atoms with Gasteiger partial charge in [0, 0.05) is 25.2 Å². The SMILES string of the molecule is CCCNC1CCC(C)CC1N1CCOC(CC)C1. The molecule has 0 aromatic heterocycles. The molecule has 2 aliphatic rings. The summed E-state index contributed by atoms with van der Waals surface area (Å²) in [6.45, 7) is 11.3. The molecule has 112 valence electrons. The second-order valence-electron chi connectivity index (χ2n) is 6.44. The van der Waals surface area contributed by atoms with Gasteiger partial charge in [-0.15, -0.1) is 0 Å². The van der Waals surface area contributed by atoms with Gasteiger partial charge in [-0.05, 0) is 44.6 Å². The van der Waals surface area contributed by atoms with E-state index >= 15 is 0 Å². The van der Waals surface area contributed by atoms with Crippen LogP contribution in [0, 0.1) is 5.92 Å². The van der Waals surface area contributed by atoms with Crippen LogP contribution < -0.4 is 5.32 Å². The Hall–Kier alpha value is -0.120. The summed E-state index contributed by atoms with van der Waals surface area (Å²) >= 11 is 0. The lowest BCUT2D eigenvalue weighted by Crippen LogP contribution is -2.57. The van der Waals surface area contributed by atoms with Crippen molar-refractivity contribution >= 4 is 0 Å². The molecule has 0 aromatic carbocycles. The third kappa shape index (κ3) is 4.17. The van der Waals surface area contributed by atoms with E-state index < -0.39 is 0 Å². The number of nitrogens with zero attached hydrogens (tertiary/aromatic N) is 1. The number of rotatable bonds is 5. The van der Waals surface area contributed by atoms with E-state index in [0.717, 1.165) is 44.6 Å². The minimum atomic E-state index is 0.456. The van der Waals surface area contributed by atoms with Gasteiger partial charge in [0.1, 0.15) is 0 Å². The predicted molar refractivity (Wildman–Crippen MR) is 80.5 cm³/mol. The lowest BCUT2D eigenvalue weighted by Gasteiger charge is -2.45. The number of nitrogens with one attached hydrogen (secondary N) is 1. The Labute approximate surface area is 119 Å². The molecule has 2 fully saturated rings. The first-order chi connectivity index (χ1) is 9.24. The highest BCUT2D eigenvalue weighted by Gasteiger charge is 2.34. The quantitative estimate of drug-likeness (QED) is 0.829. The zero-order valence-electron chi connectivity index (χ0n) is 13.0. The Bertz CT molecular complexity index is 257. The van der Waals surface area contributed by atoms with Crippen molar-refractivity contribution in [1.29, 1.82) is 0 Å². The first kappa shape index (κ1) is 15.3. The van der Waals surface area contributed by atoms with Crippen molar-refractivity contribution in [2.24, 2.45) is 5.92 Å². The molecule has 3 heteroatoms. The normalized spacial score (nSPS) is 37.4. The molecule has 1 N–H and O–H groups in total. The molecule has 2 rings (SSSR count). The summed E-state index contributed by atoms with van der Waals surface area (Å²) in [7, 11) is 0. The highest BCUT2D eigenvalue weighted by molar-refractivity contribution is 4.92. The zero-order valence-corrected chi connectivity index (χ0v) is 13.0. The molecule has 0 amide bonds. The lowest BCUT2D eigenvalue weighted by atomic mass is 9.82. The van der Waals surface area contributed by atoms with Crippen LogP contribution in [0.2, 0.25) is 0 Å². The molecule has 1 saturated heterocycles. The van der Waals surface area contributed by atoms with E-state index in [-0.39, 0.29) is 0 Å². The molecule has 0 bridgehead atoms. The van der Waals surface area contributed by atoms with Crippen molar-refractivity contribution in [3.05, 3.63) is 0 Å². The van der Waals surface area contributed by atoms with Gasteiger partial charge in [-0.1, -0.05) is 20.8 Å². The fourth-order valence-electron chi connectivity index (χ4n) is 3.61. The Morgan fingerprint density at radius 2 is 2.11 bits per heavy atom. The standard InChI is InChI=1S/C16H32N2O/c1-4-8-17-15-7-6-13(3)11-16(15)18-9-10-19-14(5-2)12-18/h13-17H,4-12H2,1-3H3. The van der Waals surface area contributed by atoms with E-state index in [4.69, 9.17) is 4.74 Å². The van der Waals surface area contributed by atoms with Crippen LogP contribution in [0.5, 0.6) is 0 Å². The van der Waals surface area contributed by atoms with Gasteiger partial charge in [-0.2, -0.15) is 0 Å². The summed E-state index contributed by atoms with van der Waals surface area (Å²) in [5, 5.41) is 3.79. The molecular formula is C16H32N2O.